The van der Waals surface area contributed by atoms with Crippen molar-refractivity contribution in [1.29, 1.82) is 0 Å². The topological polar surface area (TPSA) is 40.5 Å². The minimum absolute atomic E-state index is 0.0882. The standard InChI is InChI=1S/C7H11NO2/c9-7-4-5-2-1-3-6(5)8(7)10/h5-6,10H,1-4H2/t5-,6-/m0/s1. The van der Waals surface area contributed by atoms with E-state index in [0.29, 0.717) is 12.3 Å². The van der Waals surface area contributed by atoms with Crippen molar-refractivity contribution in [2.45, 2.75) is 31.7 Å². The maximum absolute atomic E-state index is 10.9. The maximum atomic E-state index is 10.9. The fourth-order valence-electron chi connectivity index (χ4n) is 2.08. The number of rotatable bonds is 0. The van der Waals surface area contributed by atoms with Crippen LogP contribution in [0.3, 0.4) is 0 Å². The van der Waals surface area contributed by atoms with Gasteiger partial charge in [-0.05, 0) is 18.8 Å². The number of carbonyl (C=O) groups excluding carboxylic acids is 1. The van der Waals surface area contributed by atoms with Crippen molar-refractivity contribution >= 4 is 5.91 Å². The van der Waals surface area contributed by atoms with E-state index in [-0.39, 0.29) is 11.9 Å². The SMILES string of the molecule is O=C1C[C@@H]2CCC[C@@H]2N1O. The first-order chi connectivity index (χ1) is 4.79. The van der Waals surface area contributed by atoms with E-state index in [1.807, 2.05) is 0 Å². The van der Waals surface area contributed by atoms with Crippen LogP contribution in [0.2, 0.25) is 0 Å². The van der Waals surface area contributed by atoms with Crippen LogP contribution >= 0.6 is 0 Å². The number of carbonyl (C=O) groups is 1. The van der Waals surface area contributed by atoms with Gasteiger partial charge >= 0.3 is 0 Å². The average molecular weight is 141 g/mol. The Labute approximate surface area is 59.6 Å². The lowest BCUT2D eigenvalue weighted by Gasteiger charge is -2.14. The highest BCUT2D eigenvalue weighted by molar-refractivity contribution is 5.78. The van der Waals surface area contributed by atoms with Crippen LogP contribution in [0.1, 0.15) is 25.7 Å². The zero-order valence-electron chi connectivity index (χ0n) is 5.79. The molecule has 0 spiro atoms. The quantitative estimate of drug-likeness (QED) is 0.506. The summed E-state index contributed by atoms with van der Waals surface area (Å²) in [6.45, 7) is 0. The molecule has 1 saturated carbocycles. The zero-order valence-corrected chi connectivity index (χ0v) is 5.79. The minimum atomic E-state index is -0.0882. The van der Waals surface area contributed by atoms with E-state index in [9.17, 15) is 4.79 Å². The van der Waals surface area contributed by atoms with Crippen LogP contribution in [0.5, 0.6) is 0 Å². The fourth-order valence-corrected chi connectivity index (χ4v) is 2.08. The highest BCUT2D eigenvalue weighted by Crippen LogP contribution is 2.37. The molecule has 0 unspecified atom stereocenters. The van der Waals surface area contributed by atoms with Gasteiger partial charge in [0, 0.05) is 6.42 Å². The minimum Gasteiger partial charge on any atom is -0.286 e. The van der Waals surface area contributed by atoms with Crippen molar-refractivity contribution < 1.29 is 10.0 Å². The molecule has 3 heteroatoms. The highest BCUT2D eigenvalue weighted by Gasteiger charge is 2.41. The molecule has 1 aliphatic carbocycles. The largest absolute Gasteiger partial charge is 0.286 e. The van der Waals surface area contributed by atoms with E-state index < -0.39 is 0 Å². The lowest BCUT2D eigenvalue weighted by molar-refractivity contribution is -0.165. The second-order valence-corrected chi connectivity index (χ2v) is 3.20. The monoisotopic (exact) mass is 141 g/mol. The Morgan fingerprint density at radius 3 is 3.00 bits per heavy atom. The second-order valence-electron chi connectivity index (χ2n) is 3.20. The van der Waals surface area contributed by atoms with Crippen molar-refractivity contribution in [3.63, 3.8) is 0 Å². The van der Waals surface area contributed by atoms with Gasteiger partial charge in [0.15, 0.2) is 0 Å². The molecule has 2 rings (SSSR count). The summed E-state index contributed by atoms with van der Waals surface area (Å²) in [5, 5.41) is 10.1. The molecule has 56 valence electrons. The van der Waals surface area contributed by atoms with Gasteiger partial charge in [-0.1, -0.05) is 6.42 Å². The van der Waals surface area contributed by atoms with E-state index in [0.717, 1.165) is 17.9 Å². The van der Waals surface area contributed by atoms with Gasteiger partial charge in [0.2, 0.25) is 5.91 Å². The van der Waals surface area contributed by atoms with Crippen LogP contribution in [0.25, 0.3) is 0 Å². The van der Waals surface area contributed by atoms with Crippen LogP contribution in [0, 0.1) is 5.92 Å². The first-order valence-electron chi connectivity index (χ1n) is 3.80. The average Bonchev–Trinajstić information content (AvgIpc) is 2.41. The van der Waals surface area contributed by atoms with E-state index in [1.165, 1.54) is 6.42 Å². The van der Waals surface area contributed by atoms with E-state index in [1.54, 1.807) is 0 Å². The first kappa shape index (κ1) is 6.16. The molecule has 1 saturated heterocycles. The predicted octanol–water partition coefficient (Wildman–Crippen LogP) is 0.777. The smallest absolute Gasteiger partial charge is 0.246 e. The summed E-state index contributed by atoms with van der Waals surface area (Å²) in [7, 11) is 0. The van der Waals surface area contributed by atoms with Gasteiger partial charge in [0.25, 0.3) is 0 Å². The van der Waals surface area contributed by atoms with Crippen molar-refractivity contribution in [2.24, 2.45) is 5.92 Å². The summed E-state index contributed by atoms with van der Waals surface area (Å²) >= 11 is 0. The summed E-state index contributed by atoms with van der Waals surface area (Å²) in [4.78, 5) is 10.9. The third-order valence-corrected chi connectivity index (χ3v) is 2.63. The van der Waals surface area contributed by atoms with Crippen LogP contribution in [0.4, 0.5) is 0 Å². The van der Waals surface area contributed by atoms with E-state index in [4.69, 9.17) is 5.21 Å². The van der Waals surface area contributed by atoms with Crippen molar-refractivity contribution in [3.8, 4) is 0 Å². The number of amides is 1. The number of hydroxylamine groups is 2. The number of fused-ring (bicyclic) bond motifs is 1. The summed E-state index contributed by atoms with van der Waals surface area (Å²) in [5.41, 5.74) is 0. The Kier molecular flexibility index (Phi) is 1.20. The summed E-state index contributed by atoms with van der Waals surface area (Å²) < 4.78 is 0. The lowest BCUT2D eigenvalue weighted by atomic mass is 10.1. The number of hydrogen-bond donors (Lipinski definition) is 1. The maximum Gasteiger partial charge on any atom is 0.246 e. The van der Waals surface area contributed by atoms with E-state index >= 15 is 0 Å². The van der Waals surface area contributed by atoms with Crippen LogP contribution in [-0.2, 0) is 4.79 Å². The van der Waals surface area contributed by atoms with Gasteiger partial charge in [-0.25, -0.2) is 5.06 Å². The molecule has 1 aliphatic heterocycles. The Balaban J connectivity index is 2.16. The molecular formula is C7H11NO2. The van der Waals surface area contributed by atoms with Gasteiger partial charge in [0.1, 0.15) is 0 Å². The Hall–Kier alpha value is -0.570. The summed E-state index contributed by atoms with van der Waals surface area (Å²) in [6.07, 6.45) is 3.85. The Bertz CT molecular complexity index is 169. The van der Waals surface area contributed by atoms with Crippen molar-refractivity contribution in [3.05, 3.63) is 0 Å². The molecule has 1 N–H and O–H groups in total. The molecule has 2 fully saturated rings. The molecule has 1 amide bonds. The summed E-state index contributed by atoms with van der Waals surface area (Å²) in [6, 6.07) is 0.160. The molecule has 2 atom stereocenters. The predicted molar refractivity (Wildman–Crippen MR) is 34.4 cm³/mol. The molecule has 0 aromatic rings. The van der Waals surface area contributed by atoms with Crippen molar-refractivity contribution in [1.82, 2.24) is 5.06 Å². The molecule has 1 heterocycles. The lowest BCUT2D eigenvalue weighted by Crippen LogP contribution is -2.29. The molecule has 0 aromatic heterocycles. The van der Waals surface area contributed by atoms with Gasteiger partial charge in [-0.15, -0.1) is 0 Å². The van der Waals surface area contributed by atoms with Gasteiger partial charge in [0.05, 0.1) is 6.04 Å². The Morgan fingerprint density at radius 2 is 2.30 bits per heavy atom. The third kappa shape index (κ3) is 0.669. The molecular weight excluding hydrogens is 130 g/mol. The third-order valence-electron chi connectivity index (χ3n) is 2.63. The normalized spacial score (nSPS) is 38.9. The first-order valence-corrected chi connectivity index (χ1v) is 3.80. The molecule has 0 aromatic carbocycles. The van der Waals surface area contributed by atoms with E-state index in [2.05, 4.69) is 0 Å². The van der Waals surface area contributed by atoms with Crippen LogP contribution in [-0.4, -0.2) is 22.2 Å². The molecule has 10 heavy (non-hydrogen) atoms. The van der Waals surface area contributed by atoms with Crippen LogP contribution < -0.4 is 0 Å². The molecule has 3 nitrogen and oxygen atoms in total. The van der Waals surface area contributed by atoms with Crippen LogP contribution in [0.15, 0.2) is 0 Å². The summed E-state index contributed by atoms with van der Waals surface area (Å²) in [5.74, 6) is 0.368. The molecule has 0 radical (unpaired) electrons. The molecule has 2 aliphatic rings. The second kappa shape index (κ2) is 1.95. The number of hydrogen-bond acceptors (Lipinski definition) is 2. The zero-order chi connectivity index (χ0) is 7.14. The van der Waals surface area contributed by atoms with Gasteiger partial charge in [-0.2, -0.15) is 0 Å². The Morgan fingerprint density at radius 1 is 1.50 bits per heavy atom. The molecule has 0 bridgehead atoms. The van der Waals surface area contributed by atoms with Gasteiger partial charge < -0.3 is 0 Å². The fraction of sp³-hybridized carbons (Fsp3) is 0.857. The highest BCUT2D eigenvalue weighted by atomic mass is 16.5. The van der Waals surface area contributed by atoms with Gasteiger partial charge in [-0.3, -0.25) is 10.0 Å². The number of nitrogens with zero attached hydrogens (tertiary/aromatic N) is 1. The van der Waals surface area contributed by atoms with Crippen molar-refractivity contribution in [2.75, 3.05) is 0 Å².